The first-order valence-electron chi connectivity index (χ1n) is 10.1. The summed E-state index contributed by atoms with van der Waals surface area (Å²) in [5.74, 6) is 3.97. The Labute approximate surface area is 203 Å². The summed E-state index contributed by atoms with van der Waals surface area (Å²) in [6, 6.07) is 6.36. The standard InChI is InChI=1S/C21H30N6O3SSi.ClH/c1-16(28)22-12-13-23-20-17(11-14-32(4,5)6)15-24-21(26-20)25-18-7-9-19(10-8-18)31(29,30)27(2)3;/h7-10,15H,12-13H2,1-6H3,(H,22,28)(H2,23,24,25,26);1H. The molecule has 0 saturated carbocycles. The minimum absolute atomic E-state index is 0. The smallest absolute Gasteiger partial charge is 0.242 e. The van der Waals surface area contributed by atoms with Crippen LogP contribution in [0, 0.1) is 11.5 Å². The molecule has 1 heterocycles. The number of hydrogen-bond acceptors (Lipinski definition) is 7. The van der Waals surface area contributed by atoms with Gasteiger partial charge in [-0.15, -0.1) is 18.0 Å². The molecule has 0 aliphatic carbocycles. The molecule has 0 saturated heterocycles. The lowest BCUT2D eigenvalue weighted by Crippen LogP contribution is -2.26. The lowest BCUT2D eigenvalue weighted by atomic mass is 10.3. The van der Waals surface area contributed by atoms with E-state index < -0.39 is 18.1 Å². The van der Waals surface area contributed by atoms with Crippen LogP contribution in [-0.4, -0.2) is 63.9 Å². The number of nitrogens with one attached hydrogen (secondary N) is 3. The van der Waals surface area contributed by atoms with Crippen LogP contribution in [-0.2, 0) is 14.8 Å². The van der Waals surface area contributed by atoms with Gasteiger partial charge in [-0.25, -0.2) is 17.7 Å². The first kappa shape index (κ1) is 28.4. The van der Waals surface area contributed by atoms with E-state index in [4.69, 9.17) is 0 Å². The second kappa shape index (κ2) is 12.0. The Hall–Kier alpha value is -2.65. The third-order valence-corrected chi connectivity index (χ3v) is 6.75. The zero-order valence-corrected chi connectivity index (χ0v) is 22.3. The van der Waals surface area contributed by atoms with Crippen molar-refractivity contribution < 1.29 is 13.2 Å². The molecular weight excluding hydrogens is 480 g/mol. The summed E-state index contributed by atoms with van der Waals surface area (Å²) in [5, 5.41) is 9.00. The van der Waals surface area contributed by atoms with E-state index in [2.05, 4.69) is 57.0 Å². The molecule has 1 aromatic heterocycles. The molecule has 0 aliphatic rings. The van der Waals surface area contributed by atoms with Crippen LogP contribution in [0.4, 0.5) is 17.5 Å². The van der Waals surface area contributed by atoms with Crippen LogP contribution in [0.15, 0.2) is 35.4 Å². The van der Waals surface area contributed by atoms with E-state index >= 15 is 0 Å². The van der Waals surface area contributed by atoms with E-state index in [9.17, 15) is 13.2 Å². The number of hydrogen-bond donors (Lipinski definition) is 3. The minimum Gasteiger partial charge on any atom is -0.367 e. The normalized spacial score (nSPS) is 11.1. The highest BCUT2D eigenvalue weighted by Crippen LogP contribution is 2.20. The average molecular weight is 511 g/mol. The van der Waals surface area contributed by atoms with Crippen LogP contribution in [0.2, 0.25) is 19.6 Å². The van der Waals surface area contributed by atoms with Gasteiger partial charge in [0.05, 0.1) is 16.7 Å². The number of sulfonamides is 1. The summed E-state index contributed by atoms with van der Waals surface area (Å²) in [6.07, 6.45) is 1.65. The molecule has 0 aliphatic heterocycles. The summed E-state index contributed by atoms with van der Waals surface area (Å²) in [5.41, 5.74) is 4.62. The van der Waals surface area contributed by atoms with Gasteiger partial charge < -0.3 is 16.0 Å². The van der Waals surface area contributed by atoms with Crippen molar-refractivity contribution in [3.05, 3.63) is 36.0 Å². The Balaban J connectivity index is 0.00000544. The number of carbonyl (C=O) groups is 1. The number of aromatic nitrogens is 2. The Morgan fingerprint density at radius 1 is 1.12 bits per heavy atom. The molecule has 2 rings (SSSR count). The van der Waals surface area contributed by atoms with Gasteiger partial charge in [0.15, 0.2) is 0 Å². The quantitative estimate of drug-likeness (QED) is 0.284. The summed E-state index contributed by atoms with van der Waals surface area (Å²) in [7, 11) is -2.11. The molecule has 0 radical (unpaired) electrons. The van der Waals surface area contributed by atoms with Gasteiger partial charge in [0.2, 0.25) is 21.9 Å². The highest BCUT2D eigenvalue weighted by atomic mass is 35.5. The molecule has 2 aromatic rings. The Bertz CT molecular complexity index is 1120. The van der Waals surface area contributed by atoms with Crippen molar-refractivity contribution in [3.8, 4) is 11.5 Å². The first-order valence-corrected chi connectivity index (χ1v) is 15.0. The first-order chi connectivity index (χ1) is 14.9. The maximum Gasteiger partial charge on any atom is 0.242 e. The maximum absolute atomic E-state index is 12.2. The fourth-order valence-corrected chi connectivity index (χ4v) is 3.80. The summed E-state index contributed by atoms with van der Waals surface area (Å²) in [4.78, 5) is 20.2. The predicted octanol–water partition coefficient (Wildman–Crippen LogP) is 2.67. The SMILES string of the molecule is CC(=O)NCCNc1nc(Nc2ccc(S(=O)(=O)N(C)C)cc2)ncc1C#C[Si](C)(C)C.Cl. The molecule has 0 fully saturated rings. The maximum atomic E-state index is 12.2. The molecule has 1 amide bonds. The van der Waals surface area contributed by atoms with Gasteiger partial charge in [0.25, 0.3) is 0 Å². The van der Waals surface area contributed by atoms with Crippen molar-refractivity contribution in [2.45, 2.75) is 31.5 Å². The lowest BCUT2D eigenvalue weighted by Gasteiger charge is -2.13. The number of benzene rings is 1. The number of halogens is 1. The van der Waals surface area contributed by atoms with Gasteiger partial charge in [0.1, 0.15) is 13.9 Å². The Kier molecular flexibility index (Phi) is 10.3. The Morgan fingerprint density at radius 3 is 2.30 bits per heavy atom. The molecule has 0 spiro atoms. The second-order valence-corrected chi connectivity index (χ2v) is 15.2. The largest absolute Gasteiger partial charge is 0.367 e. The molecule has 0 bridgehead atoms. The minimum atomic E-state index is -3.49. The van der Waals surface area contributed by atoms with Gasteiger partial charge in [-0.1, -0.05) is 25.6 Å². The monoisotopic (exact) mass is 510 g/mol. The topological polar surface area (TPSA) is 116 Å². The van der Waals surface area contributed by atoms with Crippen LogP contribution in [0.25, 0.3) is 0 Å². The van der Waals surface area contributed by atoms with Gasteiger partial charge in [0, 0.05) is 39.8 Å². The third kappa shape index (κ3) is 9.01. The fourth-order valence-electron chi connectivity index (χ4n) is 2.39. The number of anilines is 3. The van der Waals surface area contributed by atoms with Crippen molar-refractivity contribution in [2.75, 3.05) is 37.8 Å². The fraction of sp³-hybridized carbons (Fsp3) is 0.381. The van der Waals surface area contributed by atoms with Crippen molar-refractivity contribution >= 4 is 53.9 Å². The van der Waals surface area contributed by atoms with Gasteiger partial charge in [-0.3, -0.25) is 4.79 Å². The summed E-state index contributed by atoms with van der Waals surface area (Å²) >= 11 is 0. The van der Waals surface area contributed by atoms with E-state index in [1.807, 2.05) is 0 Å². The predicted molar refractivity (Wildman–Crippen MR) is 137 cm³/mol. The lowest BCUT2D eigenvalue weighted by molar-refractivity contribution is -0.118. The molecule has 3 N–H and O–H groups in total. The number of rotatable bonds is 8. The van der Waals surface area contributed by atoms with Crippen molar-refractivity contribution in [3.63, 3.8) is 0 Å². The summed E-state index contributed by atoms with van der Waals surface area (Å²) in [6.45, 7) is 8.86. The number of amides is 1. The van der Waals surface area contributed by atoms with E-state index in [-0.39, 0.29) is 23.2 Å². The van der Waals surface area contributed by atoms with E-state index in [1.165, 1.54) is 33.2 Å². The molecular formula is C21H31ClN6O3SSi. The van der Waals surface area contributed by atoms with Crippen molar-refractivity contribution in [2.24, 2.45) is 0 Å². The Morgan fingerprint density at radius 2 is 1.76 bits per heavy atom. The highest BCUT2D eigenvalue weighted by Gasteiger charge is 2.16. The zero-order valence-electron chi connectivity index (χ0n) is 19.7. The van der Waals surface area contributed by atoms with Crippen LogP contribution >= 0.6 is 12.4 Å². The zero-order chi connectivity index (χ0) is 23.9. The van der Waals surface area contributed by atoms with Crippen LogP contribution in [0.5, 0.6) is 0 Å². The second-order valence-electron chi connectivity index (χ2n) is 8.30. The molecule has 9 nitrogen and oxygen atoms in total. The van der Waals surface area contributed by atoms with Gasteiger partial charge in [-0.05, 0) is 24.3 Å². The molecule has 1 aromatic carbocycles. The van der Waals surface area contributed by atoms with Gasteiger partial charge in [-0.2, -0.15) is 4.98 Å². The molecule has 0 atom stereocenters. The van der Waals surface area contributed by atoms with Gasteiger partial charge >= 0.3 is 0 Å². The molecule has 180 valence electrons. The number of carbonyl (C=O) groups excluding carboxylic acids is 1. The van der Waals surface area contributed by atoms with E-state index in [1.54, 1.807) is 18.3 Å². The molecule has 33 heavy (non-hydrogen) atoms. The average Bonchev–Trinajstić information content (AvgIpc) is 2.70. The van der Waals surface area contributed by atoms with E-state index in [0.717, 1.165) is 4.31 Å². The van der Waals surface area contributed by atoms with E-state index in [0.29, 0.717) is 36.1 Å². The van der Waals surface area contributed by atoms with Crippen molar-refractivity contribution in [1.82, 2.24) is 19.6 Å². The molecule has 12 heteroatoms. The highest BCUT2D eigenvalue weighted by molar-refractivity contribution is 7.89. The molecule has 0 unspecified atom stereocenters. The summed E-state index contributed by atoms with van der Waals surface area (Å²) < 4.78 is 25.6. The van der Waals surface area contributed by atoms with Crippen LogP contribution in [0.3, 0.4) is 0 Å². The van der Waals surface area contributed by atoms with Crippen molar-refractivity contribution in [1.29, 1.82) is 0 Å². The van der Waals surface area contributed by atoms with Crippen LogP contribution in [0.1, 0.15) is 12.5 Å². The third-order valence-electron chi connectivity index (χ3n) is 4.04. The van der Waals surface area contributed by atoms with Crippen LogP contribution < -0.4 is 16.0 Å². The number of nitrogens with zero attached hydrogens (tertiary/aromatic N) is 3.